The summed E-state index contributed by atoms with van der Waals surface area (Å²) in [5.74, 6) is -0.494. The Bertz CT molecular complexity index is 950. The zero-order valence-corrected chi connectivity index (χ0v) is 16.2. The van der Waals surface area contributed by atoms with Gasteiger partial charge in [0.25, 0.3) is 0 Å². The number of hydrogen-bond acceptors (Lipinski definition) is 3. The predicted molar refractivity (Wildman–Crippen MR) is 110 cm³/mol. The molecule has 0 fully saturated rings. The van der Waals surface area contributed by atoms with Gasteiger partial charge in [-0.3, -0.25) is 4.98 Å². The molecule has 0 aliphatic rings. The van der Waals surface area contributed by atoms with Crippen LogP contribution in [0.25, 0.3) is 11.1 Å². The summed E-state index contributed by atoms with van der Waals surface area (Å²) in [6.07, 6.45) is 2.78. The lowest BCUT2D eigenvalue weighted by Gasteiger charge is -2.24. The molecule has 6 heteroatoms. The van der Waals surface area contributed by atoms with Crippen LogP contribution >= 0.6 is 0 Å². The molecule has 2 amide bonds. The lowest BCUT2D eigenvalue weighted by atomic mass is 10.00. The topological polar surface area (TPSA) is 74.2 Å². The van der Waals surface area contributed by atoms with Crippen LogP contribution in [0.15, 0.2) is 73.1 Å². The molecule has 0 spiro atoms. The SMILES string of the molecule is CCC(NC(=O)NCc1ccccc1-c1ccncc1)C(O)c1ccccc1F. The van der Waals surface area contributed by atoms with Gasteiger partial charge in [0.15, 0.2) is 0 Å². The van der Waals surface area contributed by atoms with E-state index in [0.29, 0.717) is 13.0 Å². The van der Waals surface area contributed by atoms with E-state index in [1.165, 1.54) is 12.1 Å². The Hall–Kier alpha value is -3.25. The van der Waals surface area contributed by atoms with Crippen molar-refractivity contribution in [3.8, 4) is 11.1 Å². The number of benzene rings is 2. The number of aliphatic hydroxyl groups is 1. The Labute approximate surface area is 169 Å². The quantitative estimate of drug-likeness (QED) is 0.563. The van der Waals surface area contributed by atoms with Crippen LogP contribution in [-0.2, 0) is 6.54 Å². The molecule has 1 aromatic heterocycles. The van der Waals surface area contributed by atoms with Crippen LogP contribution in [-0.4, -0.2) is 22.2 Å². The van der Waals surface area contributed by atoms with Crippen LogP contribution in [0.5, 0.6) is 0 Å². The van der Waals surface area contributed by atoms with Gasteiger partial charge in [-0.25, -0.2) is 9.18 Å². The fourth-order valence-electron chi connectivity index (χ4n) is 3.22. The van der Waals surface area contributed by atoms with Crippen LogP contribution in [0.3, 0.4) is 0 Å². The molecular weight excluding hydrogens is 369 g/mol. The van der Waals surface area contributed by atoms with E-state index in [9.17, 15) is 14.3 Å². The maximum absolute atomic E-state index is 14.0. The highest BCUT2D eigenvalue weighted by atomic mass is 19.1. The number of nitrogens with zero attached hydrogens (tertiary/aromatic N) is 1. The van der Waals surface area contributed by atoms with Gasteiger partial charge in [0.05, 0.1) is 6.04 Å². The Balaban J connectivity index is 1.65. The molecule has 150 valence electrons. The number of hydrogen-bond donors (Lipinski definition) is 3. The number of pyridine rings is 1. The molecule has 29 heavy (non-hydrogen) atoms. The molecule has 0 saturated carbocycles. The highest BCUT2D eigenvalue weighted by Crippen LogP contribution is 2.23. The van der Waals surface area contributed by atoms with Crippen molar-refractivity contribution in [2.24, 2.45) is 0 Å². The number of halogens is 1. The van der Waals surface area contributed by atoms with Gasteiger partial charge in [0.1, 0.15) is 11.9 Å². The molecule has 2 unspecified atom stereocenters. The van der Waals surface area contributed by atoms with Gasteiger partial charge in [0, 0.05) is 24.5 Å². The number of aliphatic hydroxyl groups excluding tert-OH is 1. The van der Waals surface area contributed by atoms with E-state index in [1.54, 1.807) is 24.5 Å². The van der Waals surface area contributed by atoms with Crippen LogP contribution in [0.2, 0.25) is 0 Å². The number of carbonyl (C=O) groups is 1. The van der Waals surface area contributed by atoms with Crippen molar-refractivity contribution < 1.29 is 14.3 Å². The van der Waals surface area contributed by atoms with Gasteiger partial charge in [-0.15, -0.1) is 0 Å². The van der Waals surface area contributed by atoms with Crippen molar-refractivity contribution in [3.63, 3.8) is 0 Å². The summed E-state index contributed by atoms with van der Waals surface area (Å²) in [7, 11) is 0. The minimum Gasteiger partial charge on any atom is -0.386 e. The van der Waals surface area contributed by atoms with Crippen LogP contribution < -0.4 is 10.6 Å². The van der Waals surface area contributed by atoms with Crippen LogP contribution in [0.4, 0.5) is 9.18 Å². The van der Waals surface area contributed by atoms with E-state index in [4.69, 9.17) is 0 Å². The van der Waals surface area contributed by atoms with Crippen molar-refractivity contribution in [1.82, 2.24) is 15.6 Å². The first-order valence-electron chi connectivity index (χ1n) is 9.55. The number of nitrogens with one attached hydrogen (secondary N) is 2. The minimum absolute atomic E-state index is 0.169. The van der Waals surface area contributed by atoms with Crippen molar-refractivity contribution >= 4 is 6.03 Å². The van der Waals surface area contributed by atoms with Crippen molar-refractivity contribution in [2.75, 3.05) is 0 Å². The molecule has 3 aromatic rings. The third kappa shape index (κ3) is 5.18. The first-order chi connectivity index (χ1) is 14.1. The third-order valence-electron chi connectivity index (χ3n) is 4.81. The minimum atomic E-state index is -1.13. The maximum atomic E-state index is 14.0. The summed E-state index contributed by atoms with van der Waals surface area (Å²) in [6.45, 7) is 2.14. The smallest absolute Gasteiger partial charge is 0.315 e. The molecule has 2 aromatic carbocycles. The Morgan fingerprint density at radius 2 is 1.76 bits per heavy atom. The lowest BCUT2D eigenvalue weighted by Crippen LogP contribution is -2.44. The molecule has 3 rings (SSSR count). The van der Waals surface area contributed by atoms with Crippen molar-refractivity contribution in [3.05, 3.63) is 90.0 Å². The van der Waals surface area contributed by atoms with Gasteiger partial charge >= 0.3 is 6.03 Å². The number of rotatable bonds is 7. The molecule has 0 aliphatic carbocycles. The fraction of sp³-hybridized carbons (Fsp3) is 0.217. The molecule has 2 atom stereocenters. The van der Waals surface area contributed by atoms with E-state index >= 15 is 0 Å². The first kappa shape index (κ1) is 20.5. The van der Waals surface area contributed by atoms with E-state index in [-0.39, 0.29) is 5.56 Å². The Kier molecular flexibility index (Phi) is 6.92. The number of urea groups is 1. The van der Waals surface area contributed by atoms with E-state index in [2.05, 4.69) is 15.6 Å². The Morgan fingerprint density at radius 3 is 2.48 bits per heavy atom. The van der Waals surface area contributed by atoms with Gasteiger partial charge in [0.2, 0.25) is 0 Å². The number of aromatic nitrogens is 1. The summed E-state index contributed by atoms with van der Waals surface area (Å²) in [4.78, 5) is 16.5. The second-order valence-corrected chi connectivity index (χ2v) is 6.70. The zero-order chi connectivity index (χ0) is 20.6. The Morgan fingerprint density at radius 1 is 1.07 bits per heavy atom. The molecule has 1 heterocycles. The molecule has 5 nitrogen and oxygen atoms in total. The normalized spacial score (nSPS) is 12.8. The summed E-state index contributed by atoms with van der Waals surface area (Å²) in [6, 6.07) is 16.6. The average molecular weight is 393 g/mol. The number of carbonyl (C=O) groups excluding carboxylic acids is 1. The second-order valence-electron chi connectivity index (χ2n) is 6.70. The third-order valence-corrected chi connectivity index (χ3v) is 4.81. The molecule has 0 aliphatic heterocycles. The monoisotopic (exact) mass is 393 g/mol. The van der Waals surface area contributed by atoms with Crippen LogP contribution in [0.1, 0.15) is 30.6 Å². The second kappa shape index (κ2) is 9.80. The summed E-state index contributed by atoms with van der Waals surface area (Å²) >= 11 is 0. The summed E-state index contributed by atoms with van der Waals surface area (Å²) in [5, 5.41) is 16.1. The molecule has 3 N–H and O–H groups in total. The van der Waals surface area contributed by atoms with E-state index < -0.39 is 24.0 Å². The molecule has 0 radical (unpaired) electrons. The first-order valence-corrected chi connectivity index (χ1v) is 9.55. The average Bonchev–Trinajstić information content (AvgIpc) is 2.76. The van der Waals surface area contributed by atoms with Gasteiger partial charge in [-0.1, -0.05) is 49.4 Å². The highest BCUT2D eigenvalue weighted by Gasteiger charge is 2.23. The maximum Gasteiger partial charge on any atom is 0.315 e. The standard InChI is InChI=1S/C23H24FN3O2/c1-2-21(22(28)19-9-5-6-10-20(19)24)27-23(29)26-15-17-7-3-4-8-18(17)16-11-13-25-14-12-16/h3-14,21-22,28H,2,15H2,1H3,(H2,26,27,29). The van der Waals surface area contributed by atoms with Crippen molar-refractivity contribution in [1.29, 1.82) is 0 Å². The van der Waals surface area contributed by atoms with E-state index in [1.807, 2.05) is 43.3 Å². The molecule has 0 saturated heterocycles. The molecular formula is C23H24FN3O2. The van der Waals surface area contributed by atoms with Gasteiger partial charge in [-0.05, 0) is 41.3 Å². The highest BCUT2D eigenvalue weighted by molar-refractivity contribution is 5.75. The predicted octanol–water partition coefficient (Wildman–Crippen LogP) is 4.20. The van der Waals surface area contributed by atoms with Gasteiger partial charge in [-0.2, -0.15) is 0 Å². The zero-order valence-electron chi connectivity index (χ0n) is 16.2. The van der Waals surface area contributed by atoms with Crippen LogP contribution in [0, 0.1) is 5.82 Å². The number of amides is 2. The van der Waals surface area contributed by atoms with E-state index in [0.717, 1.165) is 16.7 Å². The van der Waals surface area contributed by atoms with Crippen molar-refractivity contribution in [2.45, 2.75) is 32.0 Å². The summed E-state index contributed by atoms with van der Waals surface area (Å²) in [5.41, 5.74) is 3.15. The fourth-order valence-corrected chi connectivity index (χ4v) is 3.22. The van der Waals surface area contributed by atoms with Gasteiger partial charge < -0.3 is 15.7 Å². The lowest BCUT2D eigenvalue weighted by molar-refractivity contribution is 0.124. The largest absolute Gasteiger partial charge is 0.386 e. The molecule has 0 bridgehead atoms. The summed E-state index contributed by atoms with van der Waals surface area (Å²) < 4.78 is 14.0.